The molecule has 2 aliphatic rings. The van der Waals surface area contributed by atoms with Crippen LogP contribution in [0.15, 0.2) is 0 Å². The van der Waals surface area contributed by atoms with Crippen LogP contribution in [-0.4, -0.2) is 56.9 Å². The number of methoxy groups -OCH3 is 1. The molecule has 1 amide bonds. The molecule has 2 atom stereocenters. The molecule has 0 bridgehead atoms. The third-order valence-corrected chi connectivity index (χ3v) is 4.29. The van der Waals surface area contributed by atoms with Crippen molar-refractivity contribution in [3.8, 4) is 0 Å². The lowest BCUT2D eigenvalue weighted by Gasteiger charge is -2.36. The Hall–Kier alpha value is -0.650. The van der Waals surface area contributed by atoms with Crippen molar-refractivity contribution in [2.75, 3.05) is 40.0 Å². The number of hydrogen-bond acceptors (Lipinski definition) is 4. The van der Waals surface area contributed by atoms with Crippen LogP contribution in [0.3, 0.4) is 0 Å². The van der Waals surface area contributed by atoms with Crippen molar-refractivity contribution in [1.82, 2.24) is 4.90 Å². The molecule has 5 nitrogen and oxygen atoms in total. The summed E-state index contributed by atoms with van der Waals surface area (Å²) in [6.45, 7) is 3.84. The lowest BCUT2D eigenvalue weighted by molar-refractivity contribution is -0.137. The Morgan fingerprint density at radius 2 is 2.16 bits per heavy atom. The minimum absolute atomic E-state index is 0.118. The topological polar surface area (TPSA) is 64.8 Å². The van der Waals surface area contributed by atoms with E-state index in [1.165, 1.54) is 0 Å². The van der Waals surface area contributed by atoms with Gasteiger partial charge in [-0.25, -0.2) is 0 Å². The standard InChI is InChI=1S/C14H26N2O3/c1-18-10-11-3-2-6-16(9-11)14(17)13(15)12-4-7-19-8-5-12/h11-13H,2-10,15H2,1H3. The van der Waals surface area contributed by atoms with Crippen LogP contribution in [0.25, 0.3) is 0 Å². The first-order valence-corrected chi connectivity index (χ1v) is 7.33. The Morgan fingerprint density at radius 3 is 2.84 bits per heavy atom. The Bertz CT molecular complexity index is 290. The summed E-state index contributed by atoms with van der Waals surface area (Å²) in [5, 5.41) is 0. The van der Waals surface area contributed by atoms with Gasteiger partial charge >= 0.3 is 0 Å². The highest BCUT2D eigenvalue weighted by Crippen LogP contribution is 2.22. The second kappa shape index (κ2) is 7.22. The molecule has 110 valence electrons. The van der Waals surface area contributed by atoms with Crippen molar-refractivity contribution in [2.24, 2.45) is 17.6 Å². The number of nitrogens with two attached hydrogens (primary N) is 1. The highest BCUT2D eigenvalue weighted by Gasteiger charge is 2.32. The predicted molar refractivity (Wildman–Crippen MR) is 72.7 cm³/mol. The van der Waals surface area contributed by atoms with Crippen LogP contribution in [0.1, 0.15) is 25.7 Å². The van der Waals surface area contributed by atoms with Crippen molar-refractivity contribution in [2.45, 2.75) is 31.7 Å². The molecule has 2 fully saturated rings. The van der Waals surface area contributed by atoms with Crippen molar-refractivity contribution in [1.29, 1.82) is 0 Å². The molecule has 0 spiro atoms. The van der Waals surface area contributed by atoms with Gasteiger partial charge in [0.25, 0.3) is 0 Å². The molecule has 2 heterocycles. The number of hydrogen-bond donors (Lipinski definition) is 1. The van der Waals surface area contributed by atoms with E-state index in [4.69, 9.17) is 15.2 Å². The molecule has 2 saturated heterocycles. The van der Waals surface area contributed by atoms with E-state index in [1.54, 1.807) is 7.11 Å². The van der Waals surface area contributed by atoms with Crippen LogP contribution in [-0.2, 0) is 14.3 Å². The third-order valence-electron chi connectivity index (χ3n) is 4.29. The van der Waals surface area contributed by atoms with Crippen molar-refractivity contribution < 1.29 is 14.3 Å². The smallest absolute Gasteiger partial charge is 0.239 e. The predicted octanol–water partition coefficient (Wildman–Crippen LogP) is 0.625. The largest absolute Gasteiger partial charge is 0.384 e. The Kier molecular flexibility index (Phi) is 5.60. The Labute approximate surface area is 115 Å². The molecule has 2 rings (SSSR count). The maximum absolute atomic E-state index is 12.5. The maximum Gasteiger partial charge on any atom is 0.239 e. The molecule has 0 aromatic rings. The van der Waals surface area contributed by atoms with Gasteiger partial charge in [0.2, 0.25) is 5.91 Å². The van der Waals surface area contributed by atoms with Gasteiger partial charge in [-0.1, -0.05) is 0 Å². The van der Waals surface area contributed by atoms with E-state index in [0.717, 1.165) is 58.6 Å². The summed E-state index contributed by atoms with van der Waals surface area (Å²) in [5.74, 6) is 0.862. The summed E-state index contributed by atoms with van der Waals surface area (Å²) in [7, 11) is 1.72. The Morgan fingerprint density at radius 1 is 1.42 bits per heavy atom. The number of likely N-dealkylation sites (tertiary alicyclic amines) is 1. The van der Waals surface area contributed by atoms with E-state index in [9.17, 15) is 4.79 Å². The average molecular weight is 270 g/mol. The number of nitrogens with zero attached hydrogens (tertiary/aromatic N) is 1. The monoisotopic (exact) mass is 270 g/mol. The highest BCUT2D eigenvalue weighted by atomic mass is 16.5. The van der Waals surface area contributed by atoms with Crippen LogP contribution < -0.4 is 5.73 Å². The van der Waals surface area contributed by atoms with E-state index in [2.05, 4.69) is 0 Å². The fraction of sp³-hybridized carbons (Fsp3) is 0.929. The molecule has 0 saturated carbocycles. The number of carbonyl (C=O) groups is 1. The zero-order chi connectivity index (χ0) is 13.7. The van der Waals surface area contributed by atoms with Crippen molar-refractivity contribution in [3.05, 3.63) is 0 Å². The average Bonchev–Trinajstić information content (AvgIpc) is 2.47. The van der Waals surface area contributed by atoms with Crippen LogP contribution in [0, 0.1) is 11.8 Å². The number of carbonyl (C=O) groups excluding carboxylic acids is 1. The summed E-state index contributed by atoms with van der Waals surface area (Å²) in [6.07, 6.45) is 4.01. The minimum Gasteiger partial charge on any atom is -0.384 e. The molecule has 19 heavy (non-hydrogen) atoms. The highest BCUT2D eigenvalue weighted by molar-refractivity contribution is 5.82. The van der Waals surface area contributed by atoms with Crippen molar-refractivity contribution >= 4 is 5.91 Å². The normalized spacial score (nSPS) is 27.3. The molecule has 0 aliphatic carbocycles. The molecule has 2 aliphatic heterocycles. The summed E-state index contributed by atoms with van der Waals surface area (Å²) < 4.78 is 10.5. The van der Waals surface area contributed by atoms with Gasteiger partial charge in [0, 0.05) is 33.4 Å². The first-order valence-electron chi connectivity index (χ1n) is 7.33. The lowest BCUT2D eigenvalue weighted by Crippen LogP contribution is -2.52. The van der Waals surface area contributed by atoms with E-state index in [0.29, 0.717) is 5.92 Å². The van der Waals surface area contributed by atoms with E-state index < -0.39 is 0 Å². The molecule has 2 N–H and O–H groups in total. The summed E-state index contributed by atoms with van der Waals surface area (Å²) in [5.41, 5.74) is 6.16. The third kappa shape index (κ3) is 3.91. The molecular formula is C14H26N2O3. The first kappa shape index (κ1) is 14.8. The second-order valence-electron chi connectivity index (χ2n) is 5.72. The van der Waals surface area contributed by atoms with Gasteiger partial charge in [-0.2, -0.15) is 0 Å². The molecule has 5 heteroatoms. The van der Waals surface area contributed by atoms with Gasteiger partial charge in [0.1, 0.15) is 0 Å². The van der Waals surface area contributed by atoms with Gasteiger partial charge < -0.3 is 20.1 Å². The molecule has 0 aromatic carbocycles. The quantitative estimate of drug-likeness (QED) is 0.813. The van der Waals surface area contributed by atoms with Gasteiger partial charge in [-0.3, -0.25) is 4.79 Å². The number of amides is 1. The number of ether oxygens (including phenoxy) is 2. The summed E-state index contributed by atoms with van der Waals surface area (Å²) in [6, 6.07) is -0.356. The molecule has 2 unspecified atom stereocenters. The first-order chi connectivity index (χ1) is 9.22. The molecule has 0 radical (unpaired) electrons. The number of rotatable bonds is 4. The zero-order valence-corrected chi connectivity index (χ0v) is 11.8. The molecular weight excluding hydrogens is 244 g/mol. The maximum atomic E-state index is 12.5. The second-order valence-corrected chi connectivity index (χ2v) is 5.72. The fourth-order valence-electron chi connectivity index (χ4n) is 3.12. The van der Waals surface area contributed by atoms with Gasteiger partial charge in [-0.15, -0.1) is 0 Å². The SMILES string of the molecule is COCC1CCCN(C(=O)C(N)C2CCOCC2)C1. The lowest BCUT2D eigenvalue weighted by atomic mass is 9.90. The zero-order valence-electron chi connectivity index (χ0n) is 11.8. The van der Waals surface area contributed by atoms with Crippen LogP contribution in [0.5, 0.6) is 0 Å². The van der Waals surface area contributed by atoms with Crippen LogP contribution in [0.4, 0.5) is 0 Å². The van der Waals surface area contributed by atoms with E-state index in [-0.39, 0.29) is 17.9 Å². The van der Waals surface area contributed by atoms with E-state index >= 15 is 0 Å². The van der Waals surface area contributed by atoms with Gasteiger partial charge in [0.15, 0.2) is 0 Å². The Balaban J connectivity index is 1.86. The summed E-state index contributed by atoms with van der Waals surface area (Å²) >= 11 is 0. The molecule has 0 aromatic heterocycles. The van der Waals surface area contributed by atoms with Crippen LogP contribution >= 0.6 is 0 Å². The van der Waals surface area contributed by atoms with Gasteiger partial charge in [-0.05, 0) is 37.5 Å². The minimum atomic E-state index is -0.356. The fourth-order valence-corrected chi connectivity index (χ4v) is 3.12. The van der Waals surface area contributed by atoms with E-state index in [1.807, 2.05) is 4.90 Å². The van der Waals surface area contributed by atoms with Crippen molar-refractivity contribution in [3.63, 3.8) is 0 Å². The number of piperidine rings is 1. The summed E-state index contributed by atoms with van der Waals surface area (Å²) in [4.78, 5) is 14.4. The van der Waals surface area contributed by atoms with Crippen LogP contribution in [0.2, 0.25) is 0 Å². The van der Waals surface area contributed by atoms with Gasteiger partial charge in [0.05, 0.1) is 12.6 Å².